The second-order valence-electron chi connectivity index (χ2n) is 8.84. The molecule has 1 aromatic rings. The van der Waals surface area contributed by atoms with Crippen LogP contribution in [0.15, 0.2) is 40.7 Å². The SMILES string of the molecule is CCCOc1ccc([C@@H]2C(C(=O)OC3CCCC3)=C(C)NC3=C2C(=O)CCC3)cc1OC. The Hall–Kier alpha value is -2.76. The Morgan fingerprint density at radius 3 is 2.62 bits per heavy atom. The Kier molecular flexibility index (Phi) is 6.87. The monoisotopic (exact) mass is 439 g/mol. The summed E-state index contributed by atoms with van der Waals surface area (Å²) in [7, 11) is 1.60. The molecule has 172 valence electrons. The maximum Gasteiger partial charge on any atom is 0.337 e. The number of rotatable bonds is 7. The summed E-state index contributed by atoms with van der Waals surface area (Å²) in [6.45, 7) is 4.54. The van der Waals surface area contributed by atoms with Gasteiger partial charge in [0.05, 0.1) is 19.3 Å². The van der Waals surface area contributed by atoms with Crippen LogP contribution in [0.3, 0.4) is 0 Å². The number of dihydropyridines is 1. The highest BCUT2D eigenvalue weighted by Crippen LogP contribution is 2.44. The van der Waals surface area contributed by atoms with E-state index in [-0.39, 0.29) is 17.9 Å². The second-order valence-corrected chi connectivity index (χ2v) is 8.84. The number of benzene rings is 1. The van der Waals surface area contributed by atoms with Gasteiger partial charge in [-0.1, -0.05) is 13.0 Å². The number of allylic oxidation sites excluding steroid dienone is 3. The average Bonchev–Trinajstić information content (AvgIpc) is 3.29. The molecule has 0 saturated heterocycles. The smallest absolute Gasteiger partial charge is 0.337 e. The topological polar surface area (TPSA) is 73.9 Å². The number of ketones is 1. The van der Waals surface area contributed by atoms with Gasteiger partial charge in [-0.3, -0.25) is 4.79 Å². The minimum absolute atomic E-state index is 0.0414. The molecule has 3 aliphatic rings. The van der Waals surface area contributed by atoms with E-state index in [0.717, 1.165) is 61.9 Å². The molecule has 0 amide bonds. The predicted molar refractivity (Wildman–Crippen MR) is 122 cm³/mol. The number of nitrogens with one attached hydrogen (secondary N) is 1. The van der Waals surface area contributed by atoms with Crippen molar-refractivity contribution in [1.29, 1.82) is 0 Å². The Balaban J connectivity index is 1.76. The minimum Gasteiger partial charge on any atom is -0.493 e. The van der Waals surface area contributed by atoms with Crippen LogP contribution in [0.1, 0.15) is 76.7 Å². The van der Waals surface area contributed by atoms with E-state index in [1.165, 1.54) is 0 Å². The van der Waals surface area contributed by atoms with Crippen LogP contribution in [0.5, 0.6) is 11.5 Å². The van der Waals surface area contributed by atoms with Gasteiger partial charge in [0, 0.05) is 29.3 Å². The molecule has 6 nitrogen and oxygen atoms in total. The summed E-state index contributed by atoms with van der Waals surface area (Å²) in [5, 5.41) is 3.35. The molecule has 32 heavy (non-hydrogen) atoms. The highest BCUT2D eigenvalue weighted by atomic mass is 16.5. The van der Waals surface area contributed by atoms with Crippen molar-refractivity contribution < 1.29 is 23.8 Å². The molecular weight excluding hydrogens is 406 g/mol. The van der Waals surface area contributed by atoms with Gasteiger partial charge in [0.25, 0.3) is 0 Å². The lowest BCUT2D eigenvalue weighted by molar-refractivity contribution is -0.144. The van der Waals surface area contributed by atoms with Crippen LogP contribution in [-0.4, -0.2) is 31.6 Å². The lowest BCUT2D eigenvalue weighted by atomic mass is 9.75. The molecular formula is C26H33NO5. The van der Waals surface area contributed by atoms with Crippen LogP contribution < -0.4 is 14.8 Å². The van der Waals surface area contributed by atoms with Gasteiger partial charge in [0.1, 0.15) is 6.10 Å². The molecule has 0 aromatic heterocycles. The molecule has 1 saturated carbocycles. The van der Waals surface area contributed by atoms with Crippen LogP contribution in [0.25, 0.3) is 0 Å². The van der Waals surface area contributed by atoms with Crippen molar-refractivity contribution in [2.24, 2.45) is 0 Å². The van der Waals surface area contributed by atoms with Gasteiger partial charge in [-0.2, -0.15) is 0 Å². The van der Waals surface area contributed by atoms with E-state index in [4.69, 9.17) is 14.2 Å². The van der Waals surface area contributed by atoms with Crippen LogP contribution in [-0.2, 0) is 14.3 Å². The average molecular weight is 440 g/mol. The van der Waals surface area contributed by atoms with Crippen LogP contribution >= 0.6 is 0 Å². The summed E-state index contributed by atoms with van der Waals surface area (Å²) in [6, 6.07) is 5.70. The number of carbonyl (C=O) groups excluding carboxylic acids is 2. The molecule has 1 atom stereocenters. The molecule has 6 heteroatoms. The standard InChI is InChI=1S/C26H33NO5/c1-4-14-31-21-13-12-17(15-22(21)30-3)24-23(26(29)32-18-8-5-6-9-18)16(2)27-19-10-7-11-20(28)25(19)24/h12-13,15,18,24,27H,4-11,14H2,1-3H3/t24-/m1/s1. The lowest BCUT2D eigenvalue weighted by Gasteiger charge is -2.34. The predicted octanol–water partition coefficient (Wildman–Crippen LogP) is 4.94. The van der Waals surface area contributed by atoms with Gasteiger partial charge in [-0.15, -0.1) is 0 Å². The Labute approximate surface area is 190 Å². The fraction of sp³-hybridized carbons (Fsp3) is 0.538. The third-order valence-corrected chi connectivity index (χ3v) is 6.55. The molecule has 0 radical (unpaired) electrons. The zero-order chi connectivity index (χ0) is 22.7. The molecule has 1 aliphatic heterocycles. The first-order valence-corrected chi connectivity index (χ1v) is 11.8. The van der Waals surface area contributed by atoms with Gasteiger partial charge in [-0.25, -0.2) is 4.79 Å². The zero-order valence-corrected chi connectivity index (χ0v) is 19.3. The first-order valence-electron chi connectivity index (χ1n) is 11.8. The fourth-order valence-corrected chi connectivity index (χ4v) is 5.00. The first kappa shape index (κ1) is 22.4. The van der Waals surface area contributed by atoms with Crippen molar-refractivity contribution >= 4 is 11.8 Å². The van der Waals surface area contributed by atoms with Crippen molar-refractivity contribution in [2.45, 2.75) is 77.2 Å². The van der Waals surface area contributed by atoms with Crippen LogP contribution in [0, 0.1) is 0 Å². The number of esters is 1. The maximum atomic E-state index is 13.4. The molecule has 0 spiro atoms. The normalized spacial score (nSPS) is 21.3. The zero-order valence-electron chi connectivity index (χ0n) is 19.3. The van der Waals surface area contributed by atoms with Crippen molar-refractivity contribution in [3.63, 3.8) is 0 Å². The Morgan fingerprint density at radius 2 is 1.91 bits per heavy atom. The highest BCUT2D eigenvalue weighted by Gasteiger charge is 2.40. The number of Topliss-reactive ketones (excluding diaryl/α,β-unsaturated/α-hetero) is 1. The summed E-state index contributed by atoms with van der Waals surface area (Å²) in [6.07, 6.45) is 6.94. The fourth-order valence-electron chi connectivity index (χ4n) is 5.00. The molecule has 0 bridgehead atoms. The third-order valence-electron chi connectivity index (χ3n) is 6.55. The first-order chi connectivity index (χ1) is 15.5. The number of carbonyl (C=O) groups is 2. The van der Waals surface area contributed by atoms with E-state index in [1.807, 2.05) is 32.0 Å². The maximum absolute atomic E-state index is 13.4. The molecule has 1 aromatic carbocycles. The Bertz CT molecular complexity index is 955. The molecule has 1 N–H and O–H groups in total. The second kappa shape index (κ2) is 9.80. The molecule has 2 aliphatic carbocycles. The van der Waals surface area contributed by atoms with E-state index in [2.05, 4.69) is 5.32 Å². The van der Waals surface area contributed by atoms with Crippen LogP contribution in [0.2, 0.25) is 0 Å². The van der Waals surface area contributed by atoms with Crippen molar-refractivity contribution in [3.05, 3.63) is 46.3 Å². The molecule has 4 rings (SSSR count). The van der Waals surface area contributed by atoms with Gasteiger partial charge >= 0.3 is 5.97 Å². The lowest BCUT2D eigenvalue weighted by Crippen LogP contribution is -2.35. The van der Waals surface area contributed by atoms with Crippen molar-refractivity contribution in [2.75, 3.05) is 13.7 Å². The van der Waals surface area contributed by atoms with Gasteiger partial charge < -0.3 is 19.5 Å². The summed E-state index contributed by atoms with van der Waals surface area (Å²) in [5.41, 5.74) is 3.73. The summed E-state index contributed by atoms with van der Waals surface area (Å²) >= 11 is 0. The quantitative estimate of drug-likeness (QED) is 0.607. The molecule has 0 unspecified atom stereocenters. The van der Waals surface area contributed by atoms with Crippen LogP contribution in [0.4, 0.5) is 0 Å². The summed E-state index contributed by atoms with van der Waals surface area (Å²) in [4.78, 5) is 26.4. The van der Waals surface area contributed by atoms with Gasteiger partial charge in [0.2, 0.25) is 0 Å². The summed E-state index contributed by atoms with van der Waals surface area (Å²) < 4.78 is 17.3. The Morgan fingerprint density at radius 1 is 1.12 bits per heavy atom. The number of methoxy groups -OCH3 is 1. The van der Waals surface area contributed by atoms with Crippen molar-refractivity contribution in [3.8, 4) is 11.5 Å². The van der Waals surface area contributed by atoms with Gasteiger partial charge in [0.15, 0.2) is 17.3 Å². The minimum atomic E-state index is -0.470. The van der Waals surface area contributed by atoms with E-state index in [0.29, 0.717) is 35.7 Å². The van der Waals surface area contributed by atoms with E-state index in [1.54, 1.807) is 7.11 Å². The van der Waals surface area contributed by atoms with Gasteiger partial charge in [-0.05, 0) is 69.6 Å². The number of ether oxygens (including phenoxy) is 3. The highest BCUT2D eigenvalue weighted by molar-refractivity contribution is 6.03. The van der Waals surface area contributed by atoms with E-state index in [9.17, 15) is 9.59 Å². The van der Waals surface area contributed by atoms with E-state index < -0.39 is 5.92 Å². The molecule has 1 fully saturated rings. The third kappa shape index (κ3) is 4.41. The largest absolute Gasteiger partial charge is 0.493 e. The molecule has 1 heterocycles. The number of hydrogen-bond acceptors (Lipinski definition) is 6. The summed E-state index contributed by atoms with van der Waals surface area (Å²) in [5.74, 6) is 0.546. The van der Waals surface area contributed by atoms with E-state index >= 15 is 0 Å². The number of hydrogen-bond donors (Lipinski definition) is 1. The van der Waals surface area contributed by atoms with Crippen molar-refractivity contribution in [1.82, 2.24) is 5.32 Å².